The van der Waals surface area contributed by atoms with Crippen LogP contribution in [-0.4, -0.2) is 60.1 Å². The lowest BCUT2D eigenvalue weighted by molar-refractivity contribution is -0.120. The van der Waals surface area contributed by atoms with Crippen LogP contribution in [0.25, 0.3) is 0 Å². The van der Waals surface area contributed by atoms with Crippen LogP contribution in [-0.2, 0) is 16.0 Å². The highest BCUT2D eigenvalue weighted by molar-refractivity contribution is 7.14. The van der Waals surface area contributed by atoms with E-state index in [1.54, 1.807) is 11.4 Å². The summed E-state index contributed by atoms with van der Waals surface area (Å²) in [5.74, 6) is -1.29. The number of amides is 2. The van der Waals surface area contributed by atoms with Crippen molar-refractivity contribution in [2.45, 2.75) is 32.4 Å². The normalized spacial score (nSPS) is 18.2. The smallest absolute Gasteiger partial charge is 0.260 e. The van der Waals surface area contributed by atoms with E-state index in [1.807, 2.05) is 0 Å². The van der Waals surface area contributed by atoms with Gasteiger partial charge in [-0.25, -0.2) is 9.37 Å². The standard InChI is InChI=1S/C20H25FN4O3S/c1-13(25-7-8-28-11-14(25)2)10-22-18(26)9-15-12-29-20(23-15)24-19(27)16-5-3-4-6-17(16)21/h3-6,12-14H,7-11H2,1-2H3,(H,22,26)(H,23,24,27). The van der Waals surface area contributed by atoms with Gasteiger partial charge in [0.05, 0.1) is 30.9 Å². The summed E-state index contributed by atoms with van der Waals surface area (Å²) in [6.45, 7) is 7.02. The molecule has 2 amide bonds. The number of morpholine rings is 1. The molecule has 0 spiro atoms. The second kappa shape index (κ2) is 9.91. The molecule has 2 atom stereocenters. The first-order valence-electron chi connectivity index (χ1n) is 9.54. The van der Waals surface area contributed by atoms with Gasteiger partial charge in [-0.3, -0.25) is 19.8 Å². The topological polar surface area (TPSA) is 83.6 Å². The van der Waals surface area contributed by atoms with E-state index in [2.05, 4.69) is 34.4 Å². The molecule has 1 aromatic carbocycles. The fourth-order valence-electron chi connectivity index (χ4n) is 3.26. The van der Waals surface area contributed by atoms with Gasteiger partial charge in [0.1, 0.15) is 5.82 Å². The zero-order valence-electron chi connectivity index (χ0n) is 16.5. The SMILES string of the molecule is CC(CNC(=O)Cc1csc(NC(=O)c2ccccc2F)n1)N1CCOCC1C. The third-order valence-electron chi connectivity index (χ3n) is 4.81. The van der Waals surface area contributed by atoms with Gasteiger partial charge in [-0.15, -0.1) is 11.3 Å². The van der Waals surface area contributed by atoms with Crippen LogP contribution in [0.1, 0.15) is 29.9 Å². The van der Waals surface area contributed by atoms with Crippen LogP contribution in [0.2, 0.25) is 0 Å². The molecule has 0 saturated carbocycles. The van der Waals surface area contributed by atoms with Crippen LogP contribution >= 0.6 is 11.3 Å². The maximum absolute atomic E-state index is 13.7. The Hall–Kier alpha value is -2.36. The van der Waals surface area contributed by atoms with Gasteiger partial charge in [0.25, 0.3) is 5.91 Å². The first-order valence-corrected chi connectivity index (χ1v) is 10.4. The number of benzene rings is 1. The molecule has 29 heavy (non-hydrogen) atoms. The predicted octanol–water partition coefficient (Wildman–Crippen LogP) is 2.30. The first kappa shape index (κ1) is 21.4. The Labute approximate surface area is 173 Å². The maximum atomic E-state index is 13.7. The van der Waals surface area contributed by atoms with Crippen LogP contribution in [0, 0.1) is 5.82 Å². The van der Waals surface area contributed by atoms with Crippen molar-refractivity contribution in [3.05, 3.63) is 46.7 Å². The number of rotatable bonds is 7. The van der Waals surface area contributed by atoms with Crippen molar-refractivity contribution in [3.8, 4) is 0 Å². The van der Waals surface area contributed by atoms with E-state index in [4.69, 9.17) is 4.74 Å². The molecule has 7 nitrogen and oxygen atoms in total. The van der Waals surface area contributed by atoms with E-state index < -0.39 is 11.7 Å². The van der Waals surface area contributed by atoms with Gasteiger partial charge in [0.2, 0.25) is 5.91 Å². The number of nitrogens with zero attached hydrogens (tertiary/aromatic N) is 2. The van der Waals surface area contributed by atoms with Crippen molar-refractivity contribution in [1.29, 1.82) is 0 Å². The van der Waals surface area contributed by atoms with Crippen molar-refractivity contribution in [3.63, 3.8) is 0 Å². The molecule has 2 aromatic rings. The van der Waals surface area contributed by atoms with Gasteiger partial charge in [0.15, 0.2) is 5.13 Å². The molecule has 9 heteroatoms. The van der Waals surface area contributed by atoms with Gasteiger partial charge in [-0.1, -0.05) is 12.1 Å². The van der Waals surface area contributed by atoms with Gasteiger partial charge in [-0.2, -0.15) is 0 Å². The number of ether oxygens (including phenoxy) is 1. The van der Waals surface area contributed by atoms with E-state index in [0.717, 1.165) is 6.54 Å². The van der Waals surface area contributed by atoms with Crippen molar-refractivity contribution in [2.75, 3.05) is 31.6 Å². The van der Waals surface area contributed by atoms with E-state index in [-0.39, 0.29) is 23.9 Å². The van der Waals surface area contributed by atoms with E-state index in [1.165, 1.54) is 29.5 Å². The largest absolute Gasteiger partial charge is 0.379 e. The second-order valence-corrected chi connectivity index (χ2v) is 7.93. The minimum absolute atomic E-state index is 0.0479. The molecule has 1 aliphatic rings. The second-order valence-electron chi connectivity index (χ2n) is 7.07. The third-order valence-corrected chi connectivity index (χ3v) is 5.62. The average Bonchev–Trinajstić information content (AvgIpc) is 3.13. The average molecular weight is 421 g/mol. The summed E-state index contributed by atoms with van der Waals surface area (Å²) in [6.07, 6.45) is 0.122. The minimum atomic E-state index is -0.593. The summed E-state index contributed by atoms with van der Waals surface area (Å²) in [5, 5.41) is 7.55. The summed E-state index contributed by atoms with van der Waals surface area (Å²) in [6, 6.07) is 6.29. The molecular formula is C20H25FN4O3S. The number of nitrogens with one attached hydrogen (secondary N) is 2. The predicted molar refractivity (Wildman–Crippen MR) is 110 cm³/mol. The van der Waals surface area contributed by atoms with Crippen molar-refractivity contribution >= 4 is 28.3 Å². The highest BCUT2D eigenvalue weighted by atomic mass is 32.1. The summed E-state index contributed by atoms with van der Waals surface area (Å²) in [7, 11) is 0. The van der Waals surface area contributed by atoms with Crippen molar-refractivity contribution in [2.24, 2.45) is 0 Å². The van der Waals surface area contributed by atoms with Crippen molar-refractivity contribution < 1.29 is 18.7 Å². The Morgan fingerprint density at radius 1 is 1.41 bits per heavy atom. The molecule has 0 radical (unpaired) electrons. The molecule has 156 valence electrons. The molecule has 3 rings (SSSR count). The van der Waals surface area contributed by atoms with Crippen molar-refractivity contribution in [1.82, 2.24) is 15.2 Å². The lowest BCUT2D eigenvalue weighted by atomic mass is 10.2. The number of hydrogen-bond acceptors (Lipinski definition) is 6. The lowest BCUT2D eigenvalue weighted by Gasteiger charge is -2.37. The fourth-order valence-corrected chi connectivity index (χ4v) is 3.96. The van der Waals surface area contributed by atoms with Crippen LogP contribution in [0.3, 0.4) is 0 Å². The minimum Gasteiger partial charge on any atom is -0.379 e. The first-order chi connectivity index (χ1) is 13.9. The lowest BCUT2D eigenvalue weighted by Crippen LogP contribution is -2.52. The number of carbonyl (C=O) groups excluding carboxylic acids is 2. The van der Waals surface area contributed by atoms with Gasteiger partial charge in [0, 0.05) is 30.6 Å². The van der Waals surface area contributed by atoms with Crippen LogP contribution < -0.4 is 10.6 Å². The molecule has 1 aliphatic heterocycles. The summed E-state index contributed by atoms with van der Waals surface area (Å²) in [5.41, 5.74) is 0.511. The Bertz CT molecular complexity index is 860. The van der Waals surface area contributed by atoms with Crippen LogP contribution in [0.5, 0.6) is 0 Å². The fraction of sp³-hybridized carbons (Fsp3) is 0.450. The Morgan fingerprint density at radius 3 is 2.97 bits per heavy atom. The van der Waals surface area contributed by atoms with Gasteiger partial charge in [-0.05, 0) is 26.0 Å². The third kappa shape index (κ3) is 5.81. The highest BCUT2D eigenvalue weighted by Crippen LogP contribution is 2.18. The number of anilines is 1. The Kier molecular flexibility index (Phi) is 7.29. The molecule has 2 N–H and O–H groups in total. The zero-order valence-corrected chi connectivity index (χ0v) is 17.3. The van der Waals surface area contributed by atoms with Gasteiger partial charge >= 0.3 is 0 Å². The number of halogens is 1. The van der Waals surface area contributed by atoms with E-state index in [0.29, 0.717) is 36.6 Å². The van der Waals surface area contributed by atoms with E-state index >= 15 is 0 Å². The molecule has 2 heterocycles. The molecule has 0 bridgehead atoms. The summed E-state index contributed by atoms with van der Waals surface area (Å²) >= 11 is 1.20. The van der Waals surface area contributed by atoms with Gasteiger partial charge < -0.3 is 10.1 Å². The van der Waals surface area contributed by atoms with Crippen LogP contribution in [0.15, 0.2) is 29.6 Å². The number of hydrogen-bond donors (Lipinski definition) is 2. The molecular weight excluding hydrogens is 395 g/mol. The van der Waals surface area contributed by atoms with E-state index in [9.17, 15) is 14.0 Å². The zero-order chi connectivity index (χ0) is 20.8. The summed E-state index contributed by atoms with van der Waals surface area (Å²) in [4.78, 5) is 31.0. The molecule has 2 unspecified atom stereocenters. The number of aromatic nitrogens is 1. The highest BCUT2D eigenvalue weighted by Gasteiger charge is 2.24. The molecule has 0 aliphatic carbocycles. The number of thiazole rings is 1. The monoisotopic (exact) mass is 420 g/mol. The van der Waals surface area contributed by atoms with Crippen LogP contribution in [0.4, 0.5) is 9.52 Å². The Balaban J connectivity index is 1.47. The molecule has 1 aromatic heterocycles. The molecule has 1 saturated heterocycles. The molecule has 1 fully saturated rings. The summed E-state index contributed by atoms with van der Waals surface area (Å²) < 4.78 is 19.1. The Morgan fingerprint density at radius 2 is 2.21 bits per heavy atom. The number of carbonyl (C=O) groups is 2. The maximum Gasteiger partial charge on any atom is 0.260 e. The quantitative estimate of drug-likeness (QED) is 0.718.